The second kappa shape index (κ2) is 7.64. The molecule has 1 aromatic carbocycles. The third-order valence-electron chi connectivity index (χ3n) is 4.10. The van der Waals surface area contributed by atoms with Gasteiger partial charge in [0.15, 0.2) is 0 Å². The highest BCUT2D eigenvalue weighted by Crippen LogP contribution is 2.21. The van der Waals surface area contributed by atoms with Gasteiger partial charge in [-0.15, -0.1) is 0 Å². The Kier molecular flexibility index (Phi) is 5.83. The highest BCUT2D eigenvalue weighted by Gasteiger charge is 2.26. The summed E-state index contributed by atoms with van der Waals surface area (Å²) in [7, 11) is 0. The Morgan fingerprint density at radius 3 is 2.39 bits per heavy atom. The van der Waals surface area contributed by atoms with E-state index in [0.717, 1.165) is 34.4 Å². The second-order valence-corrected chi connectivity index (χ2v) is 6.70. The van der Waals surface area contributed by atoms with Crippen LogP contribution in [0.5, 0.6) is 0 Å². The molecule has 1 aliphatic heterocycles. The molecule has 1 aliphatic rings. The molecule has 0 radical (unpaired) electrons. The number of hydrogen-bond donors (Lipinski definition) is 0. The van der Waals surface area contributed by atoms with Gasteiger partial charge in [0.1, 0.15) is 0 Å². The quantitative estimate of drug-likeness (QED) is 0.719. The van der Waals surface area contributed by atoms with Crippen molar-refractivity contribution in [2.24, 2.45) is 0 Å². The van der Waals surface area contributed by atoms with Gasteiger partial charge < -0.3 is 9.80 Å². The molecular formula is C19H23BrN2O. The molecule has 0 bridgehead atoms. The van der Waals surface area contributed by atoms with Crippen molar-refractivity contribution < 1.29 is 4.79 Å². The summed E-state index contributed by atoms with van der Waals surface area (Å²) in [4.78, 5) is 16.6. The van der Waals surface area contributed by atoms with Gasteiger partial charge in [0.05, 0.1) is 6.67 Å². The molecule has 0 unspecified atom stereocenters. The predicted molar refractivity (Wildman–Crippen MR) is 99.1 cm³/mol. The van der Waals surface area contributed by atoms with Crippen molar-refractivity contribution in [2.75, 3.05) is 19.8 Å². The van der Waals surface area contributed by atoms with Gasteiger partial charge in [0.2, 0.25) is 0 Å². The summed E-state index contributed by atoms with van der Waals surface area (Å²) in [6.07, 6.45) is 4.20. The monoisotopic (exact) mass is 374 g/mol. The Morgan fingerprint density at radius 2 is 1.78 bits per heavy atom. The Balaban J connectivity index is 2.03. The van der Waals surface area contributed by atoms with Crippen LogP contribution >= 0.6 is 15.9 Å². The summed E-state index contributed by atoms with van der Waals surface area (Å²) in [5.74, 6) is 0.0686. The van der Waals surface area contributed by atoms with Crippen molar-refractivity contribution in [3.63, 3.8) is 0 Å². The van der Waals surface area contributed by atoms with Gasteiger partial charge in [-0.1, -0.05) is 40.2 Å². The van der Waals surface area contributed by atoms with Crippen LogP contribution in [0.1, 0.15) is 31.1 Å². The lowest BCUT2D eigenvalue weighted by Gasteiger charge is -2.22. The fraction of sp³-hybridized carbons (Fsp3) is 0.316. The summed E-state index contributed by atoms with van der Waals surface area (Å²) < 4.78 is 0.977. The number of allylic oxidation sites excluding steroid dienone is 4. The van der Waals surface area contributed by atoms with E-state index in [-0.39, 0.29) is 5.91 Å². The lowest BCUT2D eigenvalue weighted by atomic mass is 10.1. The van der Waals surface area contributed by atoms with Crippen LogP contribution in [-0.2, 0) is 0 Å². The third kappa shape index (κ3) is 4.35. The summed E-state index contributed by atoms with van der Waals surface area (Å²) in [5, 5.41) is 0. The fourth-order valence-electron chi connectivity index (χ4n) is 2.51. The van der Waals surface area contributed by atoms with Gasteiger partial charge in [0, 0.05) is 28.8 Å². The summed E-state index contributed by atoms with van der Waals surface area (Å²) in [6.45, 7) is 12.5. The van der Waals surface area contributed by atoms with Crippen LogP contribution in [0, 0.1) is 0 Å². The fourth-order valence-corrected chi connectivity index (χ4v) is 2.77. The topological polar surface area (TPSA) is 23.6 Å². The second-order valence-electron chi connectivity index (χ2n) is 5.79. The Bertz CT molecular complexity index is 658. The van der Waals surface area contributed by atoms with Gasteiger partial charge in [0.25, 0.3) is 5.91 Å². The first kappa shape index (κ1) is 17.5. The van der Waals surface area contributed by atoms with Gasteiger partial charge in [-0.2, -0.15) is 0 Å². The third-order valence-corrected chi connectivity index (χ3v) is 4.62. The lowest BCUT2D eigenvalue weighted by molar-refractivity contribution is 0.0774. The lowest BCUT2D eigenvalue weighted by Crippen LogP contribution is -2.30. The molecule has 122 valence electrons. The van der Waals surface area contributed by atoms with Gasteiger partial charge in [-0.05, 0) is 50.6 Å². The highest BCUT2D eigenvalue weighted by atomic mass is 79.9. The largest absolute Gasteiger partial charge is 0.352 e. The van der Waals surface area contributed by atoms with Crippen molar-refractivity contribution in [1.82, 2.24) is 9.80 Å². The smallest absolute Gasteiger partial charge is 0.255 e. The normalized spacial score (nSPS) is 16.0. The zero-order valence-corrected chi connectivity index (χ0v) is 15.6. The number of halogens is 1. The van der Waals surface area contributed by atoms with Crippen LogP contribution < -0.4 is 0 Å². The van der Waals surface area contributed by atoms with Gasteiger partial charge >= 0.3 is 0 Å². The van der Waals surface area contributed by atoms with E-state index >= 15 is 0 Å². The van der Waals surface area contributed by atoms with Crippen LogP contribution in [-0.4, -0.2) is 35.5 Å². The SMILES string of the molecule is C=C(/C(C)=C\C(C)=C/C)N1CCN(C(=O)c2ccc(Br)cc2)C1. The molecule has 1 aromatic rings. The molecule has 0 atom stereocenters. The van der Waals surface area contributed by atoms with E-state index in [0.29, 0.717) is 6.67 Å². The van der Waals surface area contributed by atoms with E-state index in [1.54, 1.807) is 0 Å². The minimum atomic E-state index is 0.0686. The zero-order chi connectivity index (χ0) is 17.0. The van der Waals surface area contributed by atoms with Crippen molar-refractivity contribution in [2.45, 2.75) is 20.8 Å². The van der Waals surface area contributed by atoms with Crippen molar-refractivity contribution in [1.29, 1.82) is 0 Å². The molecule has 0 aliphatic carbocycles. The summed E-state index contributed by atoms with van der Waals surface area (Å²) in [5.41, 5.74) is 4.05. The first-order valence-electron chi connectivity index (χ1n) is 7.72. The first-order chi connectivity index (χ1) is 10.9. The molecular weight excluding hydrogens is 352 g/mol. The van der Waals surface area contributed by atoms with E-state index in [1.165, 1.54) is 5.57 Å². The first-order valence-corrected chi connectivity index (χ1v) is 8.52. The zero-order valence-electron chi connectivity index (χ0n) is 14.0. The molecule has 1 heterocycles. The van der Waals surface area contributed by atoms with E-state index in [2.05, 4.69) is 53.4 Å². The van der Waals surface area contributed by atoms with Crippen LogP contribution in [0.3, 0.4) is 0 Å². The Hall–Kier alpha value is -1.81. The number of benzene rings is 1. The number of hydrogen-bond acceptors (Lipinski definition) is 2. The average Bonchev–Trinajstić information content (AvgIpc) is 3.03. The molecule has 4 heteroatoms. The van der Waals surface area contributed by atoms with Crippen LogP contribution in [0.2, 0.25) is 0 Å². The maximum absolute atomic E-state index is 12.6. The van der Waals surface area contributed by atoms with Crippen molar-refractivity contribution >= 4 is 21.8 Å². The molecule has 0 spiro atoms. The molecule has 2 rings (SSSR count). The molecule has 1 amide bonds. The number of rotatable bonds is 4. The maximum Gasteiger partial charge on any atom is 0.255 e. The number of carbonyl (C=O) groups is 1. The number of amides is 1. The predicted octanol–water partition coefficient (Wildman–Crippen LogP) is 4.59. The Labute approximate surface area is 147 Å². The number of carbonyl (C=O) groups excluding carboxylic acids is 1. The molecule has 0 N–H and O–H groups in total. The average molecular weight is 375 g/mol. The molecule has 3 nitrogen and oxygen atoms in total. The maximum atomic E-state index is 12.6. The summed E-state index contributed by atoms with van der Waals surface area (Å²) in [6, 6.07) is 7.49. The van der Waals surface area contributed by atoms with Crippen molar-refractivity contribution in [3.8, 4) is 0 Å². The number of nitrogens with zero attached hydrogens (tertiary/aromatic N) is 2. The minimum Gasteiger partial charge on any atom is -0.352 e. The van der Waals surface area contributed by atoms with Gasteiger partial charge in [-0.25, -0.2) is 0 Å². The standard InChI is InChI=1S/C19H23BrN2O/c1-5-14(2)12-15(3)16(4)21-10-11-22(13-21)19(23)17-6-8-18(20)9-7-17/h5-9,12H,4,10-11,13H2,1-3H3/b14-5-,15-12-. The molecule has 0 saturated carbocycles. The molecule has 1 saturated heterocycles. The highest BCUT2D eigenvalue weighted by molar-refractivity contribution is 9.10. The van der Waals surface area contributed by atoms with Crippen molar-refractivity contribution in [3.05, 3.63) is 69.9 Å². The minimum absolute atomic E-state index is 0.0686. The van der Waals surface area contributed by atoms with E-state index < -0.39 is 0 Å². The van der Waals surface area contributed by atoms with Crippen LogP contribution in [0.25, 0.3) is 0 Å². The van der Waals surface area contributed by atoms with E-state index in [9.17, 15) is 4.79 Å². The molecule has 1 fully saturated rings. The Morgan fingerprint density at radius 1 is 1.17 bits per heavy atom. The molecule has 23 heavy (non-hydrogen) atoms. The van der Waals surface area contributed by atoms with E-state index in [1.807, 2.05) is 36.1 Å². The summed E-state index contributed by atoms with van der Waals surface area (Å²) >= 11 is 3.39. The molecule has 0 aromatic heterocycles. The van der Waals surface area contributed by atoms with Crippen LogP contribution in [0.4, 0.5) is 0 Å². The van der Waals surface area contributed by atoms with Crippen LogP contribution in [0.15, 0.2) is 64.3 Å². The van der Waals surface area contributed by atoms with Gasteiger partial charge in [-0.3, -0.25) is 4.79 Å². The van der Waals surface area contributed by atoms with E-state index in [4.69, 9.17) is 0 Å².